The van der Waals surface area contributed by atoms with Crippen LogP contribution in [0.3, 0.4) is 0 Å². The Morgan fingerprint density at radius 1 is 1.19 bits per heavy atom. The van der Waals surface area contributed by atoms with Crippen molar-refractivity contribution in [3.05, 3.63) is 70.4 Å². The molecule has 138 valence electrons. The Balaban J connectivity index is 1.71. The van der Waals surface area contributed by atoms with E-state index in [1.807, 2.05) is 0 Å². The molecule has 1 amide bonds. The molecule has 2 atom stereocenters. The first kappa shape index (κ1) is 18.3. The number of aryl methyl sites for hydroxylation is 1. The normalized spacial score (nSPS) is 20.2. The van der Waals surface area contributed by atoms with Crippen LogP contribution < -0.4 is 5.56 Å². The van der Waals surface area contributed by atoms with Gasteiger partial charge in [-0.2, -0.15) is 0 Å². The number of aromatic nitrogens is 1. The van der Waals surface area contributed by atoms with Crippen LogP contribution in [0.2, 0.25) is 0 Å². The zero-order valence-electron chi connectivity index (χ0n) is 14.6. The van der Waals surface area contributed by atoms with E-state index in [1.165, 1.54) is 16.7 Å². The highest BCUT2D eigenvalue weighted by Crippen LogP contribution is 2.23. The number of piperidine rings is 1. The van der Waals surface area contributed by atoms with Crippen molar-refractivity contribution in [1.29, 1.82) is 0 Å². The van der Waals surface area contributed by atoms with Crippen LogP contribution in [0, 0.1) is 5.82 Å². The molecule has 5 nitrogen and oxygen atoms in total. The minimum Gasteiger partial charge on any atom is -0.391 e. The molecule has 1 fully saturated rings. The molecule has 1 N–H and O–H groups in total. The lowest BCUT2D eigenvalue weighted by Crippen LogP contribution is -2.52. The summed E-state index contributed by atoms with van der Waals surface area (Å²) < 4.78 is 15.5. The average molecular weight is 358 g/mol. The molecule has 1 saturated heterocycles. The Hall–Kier alpha value is -2.47. The van der Waals surface area contributed by atoms with Crippen molar-refractivity contribution in [3.63, 3.8) is 0 Å². The monoisotopic (exact) mass is 358 g/mol. The van der Waals surface area contributed by atoms with Gasteiger partial charge in [0.05, 0.1) is 12.1 Å². The molecule has 3 rings (SSSR count). The first-order valence-electron chi connectivity index (χ1n) is 8.92. The Labute approximate surface area is 151 Å². The van der Waals surface area contributed by atoms with E-state index < -0.39 is 12.1 Å². The molecule has 0 unspecified atom stereocenters. The second-order valence-corrected chi connectivity index (χ2v) is 6.64. The third kappa shape index (κ3) is 4.19. The smallest absolute Gasteiger partial charge is 0.250 e. The van der Waals surface area contributed by atoms with Crippen LogP contribution in [-0.4, -0.2) is 39.2 Å². The third-order valence-electron chi connectivity index (χ3n) is 4.92. The van der Waals surface area contributed by atoms with Gasteiger partial charge in [0, 0.05) is 31.8 Å². The Bertz CT molecular complexity index is 820. The Kier molecular flexibility index (Phi) is 5.83. The van der Waals surface area contributed by atoms with E-state index >= 15 is 0 Å². The van der Waals surface area contributed by atoms with Gasteiger partial charge >= 0.3 is 0 Å². The van der Waals surface area contributed by atoms with Gasteiger partial charge in [0.15, 0.2) is 0 Å². The number of hydrogen-bond acceptors (Lipinski definition) is 3. The summed E-state index contributed by atoms with van der Waals surface area (Å²) >= 11 is 0. The molecule has 0 bridgehead atoms. The minimum absolute atomic E-state index is 0.124. The highest BCUT2D eigenvalue weighted by atomic mass is 19.1. The average Bonchev–Trinajstić information content (AvgIpc) is 2.64. The van der Waals surface area contributed by atoms with Gasteiger partial charge in [-0.25, -0.2) is 4.39 Å². The zero-order valence-corrected chi connectivity index (χ0v) is 14.6. The lowest BCUT2D eigenvalue weighted by molar-refractivity contribution is -0.139. The SMILES string of the molecule is O=C(CCn1ccccc1=O)N1CCC[C@H](O)[C@@H]1Cc1ccccc1F. The molecule has 1 aromatic carbocycles. The molecule has 0 aliphatic carbocycles. The lowest BCUT2D eigenvalue weighted by atomic mass is 9.92. The molecular weight excluding hydrogens is 335 g/mol. The minimum atomic E-state index is -0.674. The second-order valence-electron chi connectivity index (χ2n) is 6.64. The molecule has 6 heteroatoms. The van der Waals surface area contributed by atoms with Crippen LogP contribution in [0.4, 0.5) is 4.39 Å². The Morgan fingerprint density at radius 2 is 1.96 bits per heavy atom. The van der Waals surface area contributed by atoms with E-state index in [-0.39, 0.29) is 36.7 Å². The fourth-order valence-corrected chi connectivity index (χ4v) is 3.49. The van der Waals surface area contributed by atoms with E-state index in [0.717, 1.165) is 0 Å². The molecule has 1 aromatic heterocycles. The van der Waals surface area contributed by atoms with Crippen LogP contribution in [0.15, 0.2) is 53.5 Å². The van der Waals surface area contributed by atoms with Gasteiger partial charge in [-0.15, -0.1) is 0 Å². The van der Waals surface area contributed by atoms with Gasteiger partial charge in [-0.05, 0) is 37.0 Å². The third-order valence-corrected chi connectivity index (χ3v) is 4.92. The highest BCUT2D eigenvalue weighted by Gasteiger charge is 2.33. The summed E-state index contributed by atoms with van der Waals surface area (Å²) in [6, 6.07) is 10.9. The number of likely N-dealkylation sites (tertiary alicyclic amines) is 1. The maximum absolute atomic E-state index is 14.0. The zero-order chi connectivity index (χ0) is 18.5. The predicted molar refractivity (Wildman–Crippen MR) is 96.2 cm³/mol. The number of carbonyl (C=O) groups excluding carboxylic acids is 1. The summed E-state index contributed by atoms with van der Waals surface area (Å²) in [4.78, 5) is 26.1. The molecular formula is C20H23FN2O3. The first-order chi connectivity index (χ1) is 12.6. The van der Waals surface area contributed by atoms with Gasteiger partial charge in [-0.1, -0.05) is 24.3 Å². The molecule has 0 radical (unpaired) electrons. The lowest BCUT2D eigenvalue weighted by Gasteiger charge is -2.39. The van der Waals surface area contributed by atoms with Crippen LogP contribution in [0.25, 0.3) is 0 Å². The molecule has 1 aliphatic rings. The van der Waals surface area contributed by atoms with Gasteiger partial charge in [0.1, 0.15) is 5.82 Å². The number of carbonyl (C=O) groups is 1. The van der Waals surface area contributed by atoms with Crippen molar-refractivity contribution in [2.75, 3.05) is 6.54 Å². The van der Waals surface area contributed by atoms with Crippen LogP contribution in [-0.2, 0) is 17.8 Å². The maximum Gasteiger partial charge on any atom is 0.250 e. The largest absolute Gasteiger partial charge is 0.391 e. The van der Waals surface area contributed by atoms with Crippen molar-refractivity contribution < 1.29 is 14.3 Å². The molecule has 0 saturated carbocycles. The van der Waals surface area contributed by atoms with Gasteiger partial charge < -0.3 is 14.6 Å². The van der Waals surface area contributed by atoms with Gasteiger partial charge in [0.25, 0.3) is 5.56 Å². The van der Waals surface area contributed by atoms with E-state index in [4.69, 9.17) is 0 Å². The van der Waals surface area contributed by atoms with E-state index in [0.29, 0.717) is 24.9 Å². The topological polar surface area (TPSA) is 62.5 Å². The standard InChI is InChI=1S/C20H23FN2O3/c21-16-7-2-1-6-15(16)14-17-18(24)8-5-12-23(17)20(26)10-13-22-11-4-3-9-19(22)25/h1-4,6-7,9,11,17-18,24H,5,8,10,12-14H2/t17-,18-/m0/s1. The molecule has 26 heavy (non-hydrogen) atoms. The summed E-state index contributed by atoms with van der Waals surface area (Å²) in [5, 5.41) is 10.4. The van der Waals surface area contributed by atoms with Crippen molar-refractivity contribution in [2.24, 2.45) is 0 Å². The highest BCUT2D eigenvalue weighted by molar-refractivity contribution is 5.76. The van der Waals surface area contributed by atoms with Crippen molar-refractivity contribution >= 4 is 5.91 Å². The van der Waals surface area contributed by atoms with Gasteiger partial charge in [-0.3, -0.25) is 9.59 Å². The first-order valence-corrected chi connectivity index (χ1v) is 8.92. The number of hydrogen-bond donors (Lipinski definition) is 1. The second kappa shape index (κ2) is 8.27. The summed E-state index contributed by atoms with van der Waals surface area (Å²) in [7, 11) is 0. The number of halogens is 1. The summed E-state index contributed by atoms with van der Waals surface area (Å²) in [6.45, 7) is 0.830. The Morgan fingerprint density at radius 3 is 2.73 bits per heavy atom. The fourth-order valence-electron chi connectivity index (χ4n) is 3.49. The van der Waals surface area contributed by atoms with E-state index in [1.54, 1.807) is 41.4 Å². The number of aliphatic hydroxyl groups is 1. The van der Waals surface area contributed by atoms with Crippen LogP contribution in [0.1, 0.15) is 24.8 Å². The summed E-state index contributed by atoms with van der Waals surface area (Å²) in [6.07, 6.45) is 2.74. The summed E-state index contributed by atoms with van der Waals surface area (Å²) in [5.41, 5.74) is 0.345. The van der Waals surface area contributed by atoms with Gasteiger partial charge in [0.2, 0.25) is 5.91 Å². The molecule has 2 aromatic rings. The number of amides is 1. The number of benzene rings is 1. The van der Waals surface area contributed by atoms with Crippen LogP contribution >= 0.6 is 0 Å². The number of nitrogens with zero attached hydrogens (tertiary/aromatic N) is 2. The van der Waals surface area contributed by atoms with Crippen molar-refractivity contribution in [2.45, 2.75) is 44.4 Å². The summed E-state index contributed by atoms with van der Waals surface area (Å²) in [5.74, 6) is -0.450. The van der Waals surface area contributed by atoms with Crippen molar-refractivity contribution in [3.8, 4) is 0 Å². The maximum atomic E-state index is 14.0. The number of rotatable bonds is 5. The van der Waals surface area contributed by atoms with E-state index in [9.17, 15) is 19.1 Å². The number of pyridine rings is 1. The van der Waals surface area contributed by atoms with E-state index in [2.05, 4.69) is 0 Å². The predicted octanol–water partition coefficient (Wildman–Crippen LogP) is 1.97. The molecule has 2 heterocycles. The van der Waals surface area contributed by atoms with Crippen LogP contribution in [0.5, 0.6) is 0 Å². The number of aliphatic hydroxyl groups excluding tert-OH is 1. The molecule has 0 spiro atoms. The fraction of sp³-hybridized carbons (Fsp3) is 0.400. The van der Waals surface area contributed by atoms with Crippen molar-refractivity contribution in [1.82, 2.24) is 9.47 Å². The molecule has 1 aliphatic heterocycles. The quantitative estimate of drug-likeness (QED) is 0.889.